The van der Waals surface area contributed by atoms with Crippen molar-refractivity contribution in [3.05, 3.63) is 65.5 Å². The van der Waals surface area contributed by atoms with Gasteiger partial charge in [-0.3, -0.25) is 0 Å². The van der Waals surface area contributed by atoms with Gasteiger partial charge in [-0.05, 0) is 42.5 Å². The van der Waals surface area contributed by atoms with E-state index in [4.69, 9.17) is 25.2 Å². The van der Waals surface area contributed by atoms with Crippen molar-refractivity contribution in [2.24, 2.45) is 0 Å². The van der Waals surface area contributed by atoms with Crippen LogP contribution in [0.25, 0.3) is 22.9 Å². The second kappa shape index (κ2) is 7.85. The SMILES string of the molecule is COc1ccc(-c2nc(CSc3nnc(-c4cccc(Cl)c4)o3)co2)cc1. The van der Waals surface area contributed by atoms with Crippen molar-refractivity contribution < 1.29 is 13.6 Å². The minimum absolute atomic E-state index is 0.430. The van der Waals surface area contributed by atoms with E-state index < -0.39 is 0 Å². The first-order chi connectivity index (χ1) is 13.2. The molecule has 2 aromatic heterocycles. The highest BCUT2D eigenvalue weighted by Gasteiger charge is 2.12. The van der Waals surface area contributed by atoms with Gasteiger partial charge in [-0.1, -0.05) is 29.4 Å². The molecule has 136 valence electrons. The predicted molar refractivity (Wildman–Crippen MR) is 103 cm³/mol. The average Bonchev–Trinajstić information content (AvgIpc) is 3.36. The number of hydrogen-bond donors (Lipinski definition) is 0. The molecule has 4 aromatic rings. The number of methoxy groups -OCH3 is 1. The number of ether oxygens (including phenoxy) is 1. The highest BCUT2D eigenvalue weighted by atomic mass is 35.5. The Morgan fingerprint density at radius 1 is 1.04 bits per heavy atom. The summed E-state index contributed by atoms with van der Waals surface area (Å²) in [4.78, 5) is 4.49. The Hall–Kier alpha value is -2.77. The summed E-state index contributed by atoms with van der Waals surface area (Å²) in [6, 6.07) is 14.8. The largest absolute Gasteiger partial charge is 0.497 e. The number of rotatable bonds is 6. The molecule has 2 aromatic carbocycles. The lowest BCUT2D eigenvalue weighted by Crippen LogP contribution is -1.84. The Balaban J connectivity index is 1.41. The zero-order chi connectivity index (χ0) is 18.6. The summed E-state index contributed by atoms with van der Waals surface area (Å²) in [7, 11) is 1.63. The predicted octanol–water partition coefficient (Wildman–Crippen LogP) is 5.35. The first kappa shape index (κ1) is 17.6. The highest BCUT2D eigenvalue weighted by Crippen LogP contribution is 2.28. The number of hydrogen-bond acceptors (Lipinski definition) is 7. The van der Waals surface area contributed by atoms with Crippen LogP contribution in [0.1, 0.15) is 5.69 Å². The van der Waals surface area contributed by atoms with E-state index >= 15 is 0 Å². The van der Waals surface area contributed by atoms with Crippen molar-refractivity contribution >= 4 is 23.4 Å². The third-order valence-electron chi connectivity index (χ3n) is 3.71. The molecule has 0 amide bonds. The summed E-state index contributed by atoms with van der Waals surface area (Å²) in [5, 5.41) is 9.19. The summed E-state index contributed by atoms with van der Waals surface area (Å²) in [5.74, 6) is 2.32. The van der Waals surface area contributed by atoms with Gasteiger partial charge >= 0.3 is 0 Å². The van der Waals surface area contributed by atoms with Gasteiger partial charge in [0.25, 0.3) is 5.22 Å². The Labute approximate surface area is 164 Å². The van der Waals surface area contributed by atoms with E-state index in [9.17, 15) is 0 Å². The normalized spacial score (nSPS) is 10.9. The number of thioether (sulfide) groups is 1. The van der Waals surface area contributed by atoms with Crippen LogP contribution in [0.4, 0.5) is 0 Å². The number of oxazole rings is 1. The fraction of sp³-hybridized carbons (Fsp3) is 0.105. The van der Waals surface area contributed by atoms with Crippen LogP contribution in [0.2, 0.25) is 5.02 Å². The summed E-state index contributed by atoms with van der Waals surface area (Å²) < 4.78 is 16.4. The maximum Gasteiger partial charge on any atom is 0.277 e. The first-order valence-corrected chi connectivity index (χ1v) is 9.39. The van der Waals surface area contributed by atoms with Crippen LogP contribution in [0.3, 0.4) is 0 Å². The fourth-order valence-electron chi connectivity index (χ4n) is 2.38. The zero-order valence-electron chi connectivity index (χ0n) is 14.3. The molecule has 0 unspecified atom stereocenters. The van der Waals surface area contributed by atoms with Crippen LogP contribution in [-0.2, 0) is 5.75 Å². The van der Waals surface area contributed by atoms with Crippen molar-refractivity contribution in [1.82, 2.24) is 15.2 Å². The Bertz CT molecular complexity index is 1050. The second-order valence-corrected chi connectivity index (χ2v) is 6.91. The number of aromatic nitrogens is 3. The van der Waals surface area contributed by atoms with E-state index in [0.717, 1.165) is 22.6 Å². The lowest BCUT2D eigenvalue weighted by Gasteiger charge is -1.99. The Morgan fingerprint density at radius 2 is 1.89 bits per heavy atom. The van der Waals surface area contributed by atoms with Crippen LogP contribution in [0.15, 0.2) is 68.9 Å². The van der Waals surface area contributed by atoms with Gasteiger partial charge in [0.15, 0.2) is 0 Å². The molecule has 0 fully saturated rings. The van der Waals surface area contributed by atoms with E-state index in [2.05, 4.69) is 15.2 Å². The molecule has 27 heavy (non-hydrogen) atoms. The molecule has 0 spiro atoms. The van der Waals surface area contributed by atoms with Crippen molar-refractivity contribution in [3.8, 4) is 28.7 Å². The van der Waals surface area contributed by atoms with Crippen molar-refractivity contribution in [2.75, 3.05) is 7.11 Å². The molecule has 0 aliphatic rings. The number of benzene rings is 2. The Kier molecular flexibility index (Phi) is 5.13. The molecule has 0 aliphatic carbocycles. The van der Waals surface area contributed by atoms with Crippen molar-refractivity contribution in [3.63, 3.8) is 0 Å². The topological polar surface area (TPSA) is 74.2 Å². The second-order valence-electron chi connectivity index (χ2n) is 5.54. The fourth-order valence-corrected chi connectivity index (χ4v) is 3.21. The van der Waals surface area contributed by atoms with Gasteiger partial charge in [0.2, 0.25) is 11.8 Å². The van der Waals surface area contributed by atoms with Gasteiger partial charge in [-0.15, -0.1) is 10.2 Å². The van der Waals surface area contributed by atoms with Crippen LogP contribution < -0.4 is 4.74 Å². The zero-order valence-corrected chi connectivity index (χ0v) is 15.8. The van der Waals surface area contributed by atoms with Crippen LogP contribution in [-0.4, -0.2) is 22.3 Å². The standard InChI is InChI=1S/C19H14ClN3O3S/c1-24-16-7-5-12(6-8-16)17-21-15(10-25-17)11-27-19-23-22-18(26-19)13-3-2-4-14(20)9-13/h2-10H,11H2,1H3. The van der Waals surface area contributed by atoms with E-state index in [0.29, 0.717) is 27.8 Å². The van der Waals surface area contributed by atoms with Crippen molar-refractivity contribution in [2.45, 2.75) is 11.0 Å². The molecular formula is C19H14ClN3O3S. The third-order valence-corrected chi connectivity index (χ3v) is 4.80. The average molecular weight is 400 g/mol. The first-order valence-electron chi connectivity index (χ1n) is 8.02. The monoisotopic (exact) mass is 399 g/mol. The van der Waals surface area contributed by atoms with Crippen LogP contribution in [0, 0.1) is 0 Å². The highest BCUT2D eigenvalue weighted by molar-refractivity contribution is 7.98. The molecule has 0 N–H and O–H groups in total. The summed E-state index contributed by atoms with van der Waals surface area (Å²) in [6.45, 7) is 0. The number of nitrogens with zero attached hydrogens (tertiary/aromatic N) is 3. The molecule has 6 nitrogen and oxygen atoms in total. The summed E-state index contributed by atoms with van der Waals surface area (Å²) >= 11 is 7.38. The molecule has 2 heterocycles. The smallest absolute Gasteiger partial charge is 0.277 e. The van der Waals surface area contributed by atoms with Gasteiger partial charge in [-0.25, -0.2) is 4.98 Å². The minimum Gasteiger partial charge on any atom is -0.497 e. The van der Waals surface area contributed by atoms with Gasteiger partial charge < -0.3 is 13.6 Å². The van der Waals surface area contributed by atoms with Gasteiger partial charge in [-0.2, -0.15) is 0 Å². The van der Waals surface area contributed by atoms with Gasteiger partial charge in [0.1, 0.15) is 12.0 Å². The quantitative estimate of drug-likeness (QED) is 0.405. The van der Waals surface area contributed by atoms with E-state index in [1.165, 1.54) is 11.8 Å². The van der Waals surface area contributed by atoms with Crippen LogP contribution >= 0.6 is 23.4 Å². The van der Waals surface area contributed by atoms with E-state index in [1.54, 1.807) is 25.5 Å². The molecule has 0 saturated heterocycles. The molecule has 0 aliphatic heterocycles. The molecular weight excluding hydrogens is 386 g/mol. The molecule has 0 atom stereocenters. The molecule has 8 heteroatoms. The molecule has 0 bridgehead atoms. The maximum absolute atomic E-state index is 5.99. The van der Waals surface area contributed by atoms with Gasteiger partial charge in [0.05, 0.1) is 12.8 Å². The summed E-state index contributed by atoms with van der Waals surface area (Å²) in [6.07, 6.45) is 1.63. The number of halogens is 1. The van der Waals surface area contributed by atoms with Crippen LogP contribution in [0.5, 0.6) is 5.75 Å². The maximum atomic E-state index is 5.99. The minimum atomic E-state index is 0.430. The summed E-state index contributed by atoms with van der Waals surface area (Å²) in [5.41, 5.74) is 2.45. The lowest BCUT2D eigenvalue weighted by molar-refractivity contribution is 0.415. The lowest BCUT2D eigenvalue weighted by atomic mass is 10.2. The molecule has 0 radical (unpaired) electrons. The third kappa shape index (κ3) is 4.15. The van der Waals surface area contributed by atoms with E-state index in [-0.39, 0.29) is 0 Å². The Morgan fingerprint density at radius 3 is 2.67 bits per heavy atom. The van der Waals surface area contributed by atoms with Gasteiger partial charge in [0, 0.05) is 21.9 Å². The molecule has 0 saturated carbocycles. The van der Waals surface area contributed by atoms with E-state index in [1.807, 2.05) is 36.4 Å². The van der Waals surface area contributed by atoms with Crippen molar-refractivity contribution in [1.29, 1.82) is 0 Å². The molecule has 4 rings (SSSR count).